The van der Waals surface area contributed by atoms with Gasteiger partial charge < -0.3 is 34.7 Å². The molecule has 5 aromatic rings. The molecule has 71 heavy (non-hydrogen) atoms. The molecule has 8 rings (SSSR count). The van der Waals surface area contributed by atoms with Crippen LogP contribution in [0.15, 0.2) is 30.5 Å². The number of hydrogen-bond acceptors (Lipinski definition) is 14. The van der Waals surface area contributed by atoms with Crippen molar-refractivity contribution in [3.63, 3.8) is 0 Å². The van der Waals surface area contributed by atoms with Crippen LogP contribution in [0.25, 0.3) is 32.1 Å². The van der Waals surface area contributed by atoms with Crippen molar-refractivity contribution in [3.05, 3.63) is 58.8 Å². The second-order valence-electron chi connectivity index (χ2n) is 18.5. The first-order valence-corrected chi connectivity index (χ1v) is 23.6. The Morgan fingerprint density at radius 1 is 1.07 bits per heavy atom. The van der Waals surface area contributed by atoms with Gasteiger partial charge in [-0.15, -0.1) is 11.3 Å². The number of nitrogens with two attached hydrogens (primary N) is 1. The number of nitrogens with one attached hydrogen (secondary N) is 2. The quantitative estimate of drug-likeness (QED) is 0.0667. The van der Waals surface area contributed by atoms with Crippen LogP contribution < -0.4 is 25.8 Å². The summed E-state index contributed by atoms with van der Waals surface area (Å²) >= 11 is 0.484. The van der Waals surface area contributed by atoms with E-state index in [0.717, 1.165) is 25.0 Å². The summed E-state index contributed by atoms with van der Waals surface area (Å²) in [6.07, 6.45) is -11.1. The number of hydrogen-bond donors (Lipinski definition) is 3. The molecule has 3 aromatic heterocycles. The molecule has 3 saturated heterocycles. The van der Waals surface area contributed by atoms with Crippen molar-refractivity contribution in [2.45, 2.75) is 114 Å². The average molecular weight is 1030 g/mol. The second-order valence-corrected chi connectivity index (χ2v) is 19.5. The van der Waals surface area contributed by atoms with E-state index in [9.17, 15) is 27.6 Å². The molecule has 0 saturated carbocycles. The van der Waals surface area contributed by atoms with E-state index in [1.807, 2.05) is 4.90 Å². The molecule has 4 N–H and O–H groups in total. The smallest absolute Gasteiger partial charge is 0.420 e. The molecular weight excluding hydrogens is 976 g/mol. The Kier molecular flexibility index (Phi) is 14.7. The normalized spacial score (nSPS) is 20.2. The van der Waals surface area contributed by atoms with Crippen molar-refractivity contribution in [1.82, 2.24) is 19.9 Å². The highest BCUT2D eigenvalue weighted by Crippen LogP contribution is 2.53. The van der Waals surface area contributed by atoms with Crippen LogP contribution in [0.4, 0.5) is 60.9 Å². The fraction of sp³-hybridized carbons (Fsp3) is 0.511. The van der Waals surface area contributed by atoms with Gasteiger partial charge in [-0.25, -0.2) is 22.9 Å². The molecule has 2 aromatic carbocycles. The third-order valence-corrected chi connectivity index (χ3v) is 13.5. The van der Waals surface area contributed by atoms with Gasteiger partial charge in [-0.1, -0.05) is 12.1 Å². The third kappa shape index (κ3) is 11.3. The van der Waals surface area contributed by atoms with Gasteiger partial charge in [0.25, 0.3) is 0 Å². The number of halogens is 9. The maximum absolute atomic E-state index is 18.1. The van der Waals surface area contributed by atoms with Crippen LogP contribution in [0.3, 0.4) is 0 Å². The molecule has 1 unspecified atom stereocenters. The lowest BCUT2D eigenvalue weighted by molar-refractivity contribution is -0.166. The summed E-state index contributed by atoms with van der Waals surface area (Å²) in [4.78, 5) is 27.5. The Labute approximate surface area is 404 Å². The highest BCUT2D eigenvalue weighted by Gasteiger charge is 2.50. The zero-order valence-electron chi connectivity index (χ0n) is 38.6. The average Bonchev–Trinajstić information content (AvgIpc) is 3.96. The number of ether oxygens (including phenoxy) is 5. The van der Waals surface area contributed by atoms with Crippen LogP contribution >= 0.6 is 11.3 Å². The van der Waals surface area contributed by atoms with Gasteiger partial charge in [0.05, 0.1) is 33.8 Å². The van der Waals surface area contributed by atoms with Gasteiger partial charge in [-0.3, -0.25) is 10.2 Å². The molecule has 6 heterocycles. The van der Waals surface area contributed by atoms with Crippen LogP contribution in [0, 0.1) is 23.0 Å². The van der Waals surface area contributed by atoms with Gasteiger partial charge in [-0.05, 0) is 83.5 Å². The summed E-state index contributed by atoms with van der Waals surface area (Å²) in [6, 6.07) is 3.94. The number of anilines is 3. The number of pyridine rings is 1. The number of nitrogen functional groups attached to an aromatic ring is 1. The van der Waals surface area contributed by atoms with Crippen LogP contribution in [0.1, 0.15) is 94.9 Å². The first kappa shape index (κ1) is 51.5. The van der Waals surface area contributed by atoms with Gasteiger partial charge in [-0.2, -0.15) is 41.6 Å². The molecular formula is C47H49F9N8O6S. The van der Waals surface area contributed by atoms with E-state index in [4.69, 9.17) is 29.4 Å². The first-order valence-electron chi connectivity index (χ1n) is 22.8. The number of rotatable bonds is 15. The van der Waals surface area contributed by atoms with E-state index < -0.39 is 140 Å². The fourth-order valence-electron chi connectivity index (χ4n) is 9.41. The van der Waals surface area contributed by atoms with E-state index in [1.54, 1.807) is 26.8 Å². The van der Waals surface area contributed by atoms with Crippen molar-refractivity contribution >= 4 is 55.1 Å². The molecule has 0 spiro atoms. The summed E-state index contributed by atoms with van der Waals surface area (Å²) < 4.78 is 168. The largest absolute Gasteiger partial charge is 0.490 e. The van der Waals surface area contributed by atoms with Crippen molar-refractivity contribution in [3.8, 4) is 29.0 Å². The summed E-state index contributed by atoms with van der Waals surface area (Å²) in [6.45, 7) is 4.35. The van der Waals surface area contributed by atoms with Crippen LogP contribution in [-0.4, -0.2) is 95.2 Å². The number of benzene rings is 2. The zero-order valence-corrected chi connectivity index (χ0v) is 39.4. The molecule has 3 fully saturated rings. The van der Waals surface area contributed by atoms with Crippen LogP contribution in [0.5, 0.6) is 11.8 Å². The van der Waals surface area contributed by atoms with E-state index in [1.165, 1.54) is 18.3 Å². The van der Waals surface area contributed by atoms with E-state index >= 15 is 22.0 Å². The number of nitriles is 1. The molecule has 3 aliphatic heterocycles. The van der Waals surface area contributed by atoms with Crippen molar-refractivity contribution in [1.29, 1.82) is 5.26 Å². The minimum absolute atomic E-state index is 0.0195. The lowest BCUT2D eigenvalue weighted by Crippen LogP contribution is -2.43. The Morgan fingerprint density at radius 3 is 2.55 bits per heavy atom. The first-order chi connectivity index (χ1) is 33.6. The zero-order chi connectivity index (χ0) is 51.0. The molecule has 4 atom stereocenters. The van der Waals surface area contributed by atoms with Gasteiger partial charge in [0.1, 0.15) is 70.3 Å². The predicted molar refractivity (Wildman–Crippen MR) is 244 cm³/mol. The van der Waals surface area contributed by atoms with Crippen molar-refractivity contribution < 1.29 is 68.0 Å². The maximum atomic E-state index is 18.1. The maximum Gasteiger partial charge on any atom is 0.420 e. The van der Waals surface area contributed by atoms with Crippen LogP contribution in [0.2, 0.25) is 0 Å². The predicted octanol–water partition coefficient (Wildman–Crippen LogP) is 11.4. The van der Waals surface area contributed by atoms with Crippen LogP contribution in [-0.2, 0) is 20.4 Å². The Morgan fingerprint density at radius 2 is 1.86 bits per heavy atom. The number of alkyl halides is 7. The van der Waals surface area contributed by atoms with Crippen molar-refractivity contribution in [2.24, 2.45) is 0 Å². The molecule has 24 heteroatoms. The number of carbonyl (C=O) groups is 1. The highest BCUT2D eigenvalue weighted by molar-refractivity contribution is 7.23. The van der Waals surface area contributed by atoms with Gasteiger partial charge in [0.15, 0.2) is 12.1 Å². The number of aromatic nitrogens is 3. The topological polar surface area (TPSA) is 179 Å². The monoisotopic (exact) mass is 1020 g/mol. The molecule has 1 amide bonds. The minimum atomic E-state index is -5.57. The lowest BCUT2D eigenvalue weighted by atomic mass is 9.91. The summed E-state index contributed by atoms with van der Waals surface area (Å²) in [5, 5.41) is 14.0. The Balaban J connectivity index is 1.39. The minimum Gasteiger partial charge on any atom is -0.490 e. The molecule has 14 nitrogen and oxygen atoms in total. The SMILES string of the molecule is CC(C)(C)OC(=O)Nc1sc2c(F)ccc(-c3c(C(F)(F)F)c(OCCOC4CCCCO4)c4c(N[C@H](CCC(F)(F)F)c5cccnc5N)nc(OC[C@@]56CCCN5C[C@H](F)C6)nc4c3F)c2c1C#N. The summed E-state index contributed by atoms with van der Waals surface area (Å²) in [5.74, 6) is -4.81. The van der Waals surface area contributed by atoms with Gasteiger partial charge in [0.2, 0.25) is 0 Å². The summed E-state index contributed by atoms with van der Waals surface area (Å²) in [5.41, 5.74) is -0.979. The lowest BCUT2D eigenvalue weighted by Gasteiger charge is -2.31. The van der Waals surface area contributed by atoms with Crippen molar-refractivity contribution in [2.75, 3.05) is 55.9 Å². The Bertz CT molecular complexity index is 2830. The number of nitrogens with zero attached hydrogens (tertiary/aromatic N) is 5. The molecule has 3 aliphatic rings. The molecule has 0 radical (unpaired) electrons. The standard InChI is InChI=1S/C47H49F9N8O6S/c1-44(2,3)70-43(65)63-41-27(21-57)31-26(10-11-28(49)38(31)71-41)32-34(47(54,55)56)37(68-19-18-67-30-9-4-5-17-66-30)33-36(35(32)50)61-42(69-23-45-13-7-16-64(45)22-24(48)20-45)62-40(33)60-29(12-14-46(51,52)53)25-8-6-15-59-39(25)58/h6,8,10-11,15,24,29-30H,4-5,7,9,12-14,16-20,22-23H2,1-3H3,(H2,58,59)(H,63,65)(H,60,61,62)/t24-,29-,30?,45+/m1/s1. The van der Waals surface area contributed by atoms with Gasteiger partial charge >= 0.3 is 24.5 Å². The Hall–Kier alpha value is -5.90. The number of fused-ring (bicyclic) bond motifs is 3. The second kappa shape index (κ2) is 20.3. The third-order valence-electron chi connectivity index (χ3n) is 12.4. The van der Waals surface area contributed by atoms with E-state index in [2.05, 4.69) is 25.6 Å². The summed E-state index contributed by atoms with van der Waals surface area (Å²) in [7, 11) is 0. The highest BCUT2D eigenvalue weighted by atomic mass is 32.1. The number of carbonyl (C=O) groups excluding carboxylic acids is 1. The van der Waals surface area contributed by atoms with E-state index in [-0.39, 0.29) is 42.6 Å². The number of thiophene rings is 1. The molecule has 0 aliphatic carbocycles. The molecule has 0 bridgehead atoms. The molecule has 382 valence electrons. The number of amides is 1. The van der Waals surface area contributed by atoms with E-state index in [0.29, 0.717) is 43.8 Å². The fourth-order valence-corrected chi connectivity index (χ4v) is 10.5. The van der Waals surface area contributed by atoms with Gasteiger partial charge in [0, 0.05) is 48.7 Å².